The number of nitrogen functional groups attached to an aromatic ring is 1. The molecule has 1 aromatic rings. The van der Waals surface area contributed by atoms with Crippen molar-refractivity contribution < 1.29 is 8.78 Å². The Morgan fingerprint density at radius 3 is 2.71 bits per heavy atom. The minimum atomic E-state index is -0.727. The van der Waals surface area contributed by atoms with E-state index in [1.165, 1.54) is 0 Å². The first-order chi connectivity index (χ1) is 11.5. The van der Waals surface area contributed by atoms with Crippen molar-refractivity contribution >= 4 is 17.5 Å². The Balaban J connectivity index is 1.81. The van der Waals surface area contributed by atoms with Gasteiger partial charge in [0.2, 0.25) is 0 Å². The molecule has 5 heteroatoms. The van der Waals surface area contributed by atoms with E-state index in [2.05, 4.69) is 23.0 Å². The Morgan fingerprint density at radius 1 is 1.38 bits per heavy atom. The summed E-state index contributed by atoms with van der Waals surface area (Å²) in [6.45, 7) is 8.63. The Labute approximate surface area is 142 Å². The van der Waals surface area contributed by atoms with E-state index in [1.54, 1.807) is 12.3 Å². The molecule has 1 aliphatic heterocycles. The number of piperidine rings is 1. The number of pyridine rings is 1. The number of hydrogen-bond donors (Lipinski definition) is 1. The van der Waals surface area contributed by atoms with E-state index in [1.807, 2.05) is 6.07 Å². The Bertz CT molecular complexity index is 617. The highest BCUT2D eigenvalue weighted by atomic mass is 19.1. The van der Waals surface area contributed by atoms with Crippen LogP contribution in [0.1, 0.15) is 37.8 Å². The number of rotatable bonds is 7. The molecule has 1 aliphatic rings. The third-order valence-electron chi connectivity index (χ3n) is 4.44. The second-order valence-electron chi connectivity index (χ2n) is 6.23. The predicted molar refractivity (Wildman–Crippen MR) is 97.0 cm³/mol. The minimum Gasteiger partial charge on any atom is -0.396 e. The van der Waals surface area contributed by atoms with Crippen LogP contribution >= 0.6 is 0 Å². The van der Waals surface area contributed by atoms with Crippen molar-refractivity contribution in [1.82, 2.24) is 4.98 Å². The van der Waals surface area contributed by atoms with Crippen LogP contribution in [0, 0.1) is 5.92 Å². The zero-order chi connectivity index (χ0) is 17.5. The quantitative estimate of drug-likeness (QED) is 0.712. The van der Waals surface area contributed by atoms with Crippen molar-refractivity contribution in [2.24, 2.45) is 5.92 Å². The summed E-state index contributed by atoms with van der Waals surface area (Å²) in [5, 5.41) is 0. The maximum Gasteiger partial charge on any atom is 0.118 e. The normalized spacial score (nSPS) is 16.2. The fourth-order valence-electron chi connectivity index (χ4n) is 3.12. The number of nitrogens with zero attached hydrogens (tertiary/aromatic N) is 2. The first-order valence-corrected chi connectivity index (χ1v) is 8.33. The first kappa shape index (κ1) is 18.2. The summed E-state index contributed by atoms with van der Waals surface area (Å²) in [4.78, 5) is 6.47. The van der Waals surface area contributed by atoms with Gasteiger partial charge in [-0.2, -0.15) is 0 Å². The van der Waals surface area contributed by atoms with E-state index >= 15 is 0 Å². The summed E-state index contributed by atoms with van der Waals surface area (Å²) in [5.74, 6) is -0.583. The lowest BCUT2D eigenvalue weighted by atomic mass is 9.91. The Hall–Kier alpha value is -2.17. The molecule has 2 heterocycles. The third-order valence-corrected chi connectivity index (χ3v) is 4.44. The molecule has 0 bridgehead atoms. The van der Waals surface area contributed by atoms with Crippen LogP contribution in [0.25, 0.3) is 6.08 Å². The summed E-state index contributed by atoms with van der Waals surface area (Å²) >= 11 is 0. The minimum absolute atomic E-state index is 0.281. The van der Waals surface area contributed by atoms with Gasteiger partial charge < -0.3 is 10.6 Å². The maximum atomic E-state index is 13.3. The smallest absolute Gasteiger partial charge is 0.118 e. The van der Waals surface area contributed by atoms with Gasteiger partial charge in [-0.1, -0.05) is 13.2 Å². The summed E-state index contributed by atoms with van der Waals surface area (Å²) in [6, 6.07) is 1.96. The maximum absolute atomic E-state index is 13.3. The molecule has 2 N–H and O–H groups in total. The van der Waals surface area contributed by atoms with Crippen molar-refractivity contribution in [3.05, 3.63) is 48.8 Å². The highest BCUT2D eigenvalue weighted by molar-refractivity contribution is 5.69. The molecule has 130 valence electrons. The highest BCUT2D eigenvalue weighted by Crippen LogP contribution is 2.30. The van der Waals surface area contributed by atoms with Crippen molar-refractivity contribution in [3.8, 4) is 0 Å². The van der Waals surface area contributed by atoms with E-state index in [9.17, 15) is 8.78 Å². The molecule has 3 nitrogen and oxygen atoms in total. The Kier molecular flexibility index (Phi) is 6.53. The molecule has 1 aromatic heterocycles. The number of aromatic nitrogens is 1. The van der Waals surface area contributed by atoms with Gasteiger partial charge in [0.05, 0.1) is 23.3 Å². The second kappa shape index (κ2) is 8.62. The molecule has 0 amide bonds. The van der Waals surface area contributed by atoms with E-state index < -0.39 is 11.7 Å². The van der Waals surface area contributed by atoms with Crippen LogP contribution in [0.3, 0.4) is 0 Å². The van der Waals surface area contributed by atoms with Gasteiger partial charge in [-0.25, -0.2) is 8.78 Å². The van der Waals surface area contributed by atoms with E-state index in [0.717, 1.165) is 56.2 Å². The lowest BCUT2D eigenvalue weighted by Gasteiger charge is -2.34. The molecule has 2 rings (SSSR count). The van der Waals surface area contributed by atoms with E-state index in [4.69, 9.17) is 5.73 Å². The molecular weight excluding hydrogens is 308 g/mol. The number of hydrogen-bond acceptors (Lipinski definition) is 3. The largest absolute Gasteiger partial charge is 0.396 e. The standard InChI is InChI=1S/C19H25F2N3/c1-3-17-12-19(18(22)13-23-17)24-9-7-15(8-10-24)5-4-6-16(21)11-14(2)20/h3,11-13,15H,1-2,4-10,22H2/b16-11+. The molecule has 0 aliphatic carbocycles. The topological polar surface area (TPSA) is 42.1 Å². The third kappa shape index (κ3) is 5.18. The molecule has 0 saturated carbocycles. The van der Waals surface area contributed by atoms with Crippen molar-refractivity contribution in [1.29, 1.82) is 0 Å². The average molecular weight is 333 g/mol. The van der Waals surface area contributed by atoms with Crippen LogP contribution in [0.4, 0.5) is 20.2 Å². The van der Waals surface area contributed by atoms with Gasteiger partial charge in [0.1, 0.15) is 11.7 Å². The number of halogens is 2. The Morgan fingerprint density at radius 2 is 2.08 bits per heavy atom. The van der Waals surface area contributed by atoms with Gasteiger partial charge in [0, 0.05) is 19.2 Å². The van der Waals surface area contributed by atoms with Gasteiger partial charge in [-0.15, -0.1) is 0 Å². The van der Waals surface area contributed by atoms with Crippen LogP contribution in [0.15, 0.2) is 43.2 Å². The lowest BCUT2D eigenvalue weighted by molar-refractivity contribution is 0.368. The summed E-state index contributed by atoms with van der Waals surface area (Å²) in [7, 11) is 0. The zero-order valence-corrected chi connectivity index (χ0v) is 14.0. The van der Waals surface area contributed by atoms with Crippen molar-refractivity contribution in [2.75, 3.05) is 23.7 Å². The molecule has 1 saturated heterocycles. The van der Waals surface area contributed by atoms with Crippen LogP contribution < -0.4 is 10.6 Å². The average Bonchev–Trinajstić information content (AvgIpc) is 2.55. The predicted octanol–water partition coefficient (Wildman–Crippen LogP) is 5.03. The second-order valence-corrected chi connectivity index (χ2v) is 6.23. The molecule has 1 fully saturated rings. The van der Waals surface area contributed by atoms with E-state index in [-0.39, 0.29) is 6.42 Å². The number of anilines is 2. The van der Waals surface area contributed by atoms with Gasteiger partial charge in [-0.05, 0) is 50.2 Å². The lowest BCUT2D eigenvalue weighted by Crippen LogP contribution is -2.34. The van der Waals surface area contributed by atoms with Crippen molar-refractivity contribution in [3.63, 3.8) is 0 Å². The first-order valence-electron chi connectivity index (χ1n) is 8.33. The SMILES string of the molecule is C=Cc1cc(N2CCC(CCC/C(F)=C\C(=C)F)CC2)c(N)cn1. The van der Waals surface area contributed by atoms with Crippen LogP contribution in [0.5, 0.6) is 0 Å². The molecule has 0 spiro atoms. The summed E-state index contributed by atoms with van der Waals surface area (Å²) in [5.41, 5.74) is 8.54. The number of allylic oxidation sites excluding steroid dienone is 3. The highest BCUT2D eigenvalue weighted by Gasteiger charge is 2.20. The van der Waals surface area contributed by atoms with Gasteiger partial charge in [-0.3, -0.25) is 4.98 Å². The fourth-order valence-corrected chi connectivity index (χ4v) is 3.12. The summed E-state index contributed by atoms with van der Waals surface area (Å²) in [6.07, 6.45) is 8.32. The van der Waals surface area contributed by atoms with Gasteiger partial charge in [0.15, 0.2) is 0 Å². The summed E-state index contributed by atoms with van der Waals surface area (Å²) < 4.78 is 25.8. The molecule has 0 atom stereocenters. The fraction of sp³-hybridized carbons (Fsp3) is 0.421. The molecule has 24 heavy (non-hydrogen) atoms. The molecule has 0 unspecified atom stereocenters. The zero-order valence-electron chi connectivity index (χ0n) is 14.0. The van der Waals surface area contributed by atoms with Crippen LogP contribution in [0.2, 0.25) is 0 Å². The monoisotopic (exact) mass is 333 g/mol. The molecule has 0 aromatic carbocycles. The van der Waals surface area contributed by atoms with Gasteiger partial charge in [0.25, 0.3) is 0 Å². The van der Waals surface area contributed by atoms with Crippen molar-refractivity contribution in [2.45, 2.75) is 32.1 Å². The van der Waals surface area contributed by atoms with Crippen LogP contribution in [-0.4, -0.2) is 18.1 Å². The van der Waals surface area contributed by atoms with E-state index in [0.29, 0.717) is 11.6 Å². The van der Waals surface area contributed by atoms with Crippen LogP contribution in [-0.2, 0) is 0 Å². The number of nitrogens with two attached hydrogens (primary N) is 1. The van der Waals surface area contributed by atoms with Gasteiger partial charge >= 0.3 is 0 Å². The molecule has 0 radical (unpaired) electrons. The molecular formula is C19H25F2N3.